The molecule has 1 aliphatic rings. The number of hydrogen-bond acceptors (Lipinski definition) is 10. The van der Waals surface area contributed by atoms with E-state index in [2.05, 4.69) is 20.3 Å². The van der Waals surface area contributed by atoms with Gasteiger partial charge in [-0.1, -0.05) is 59.8 Å². The van der Waals surface area contributed by atoms with Gasteiger partial charge in [-0.2, -0.15) is 4.68 Å². The van der Waals surface area contributed by atoms with E-state index in [0.29, 0.717) is 11.2 Å². The maximum absolute atomic E-state index is 11.1. The van der Waals surface area contributed by atoms with E-state index in [4.69, 9.17) is 24.7 Å². The van der Waals surface area contributed by atoms with Gasteiger partial charge in [-0.05, 0) is 41.0 Å². The van der Waals surface area contributed by atoms with Crippen molar-refractivity contribution in [1.82, 2.24) is 25.0 Å². The number of fused-ring (bicyclic) bond motifs is 1. The lowest BCUT2D eigenvalue weighted by Crippen LogP contribution is -2.38. The number of methoxy groups -OCH3 is 2. The highest BCUT2D eigenvalue weighted by atomic mass is 16.6. The van der Waals surface area contributed by atoms with Crippen LogP contribution in [0.1, 0.15) is 29.3 Å². The number of aliphatic hydroxyl groups excluding tert-OH is 1. The van der Waals surface area contributed by atoms with Gasteiger partial charge in [0, 0.05) is 6.42 Å². The molecule has 2 aromatic heterocycles. The van der Waals surface area contributed by atoms with Crippen molar-refractivity contribution in [2.45, 2.75) is 30.5 Å². The SMILES string of the molecule is COc1ccc(C(OC[C@H]2O[C@@H](n3nnc4c(N)ncnc43)CC2O)(c2ccccc2)c2ccc(OC)cc2)cc1. The average Bonchev–Trinajstić information content (AvgIpc) is 3.62. The molecule has 11 nitrogen and oxygen atoms in total. The fraction of sp³-hybridized carbons (Fsp3) is 0.267. The van der Waals surface area contributed by atoms with Crippen LogP contribution in [0.25, 0.3) is 11.2 Å². The molecule has 1 saturated heterocycles. The summed E-state index contributed by atoms with van der Waals surface area (Å²) in [6.45, 7) is 0.0778. The Morgan fingerprint density at radius 1 is 0.902 bits per heavy atom. The van der Waals surface area contributed by atoms with Gasteiger partial charge in [-0.15, -0.1) is 5.10 Å². The second-order valence-electron chi connectivity index (χ2n) is 9.71. The van der Waals surface area contributed by atoms with E-state index in [0.717, 1.165) is 28.2 Å². The fourth-order valence-electron chi connectivity index (χ4n) is 5.27. The predicted molar refractivity (Wildman–Crippen MR) is 150 cm³/mol. The van der Waals surface area contributed by atoms with Gasteiger partial charge in [0.2, 0.25) is 0 Å². The van der Waals surface area contributed by atoms with Crippen molar-refractivity contribution < 1.29 is 24.1 Å². The highest BCUT2D eigenvalue weighted by molar-refractivity contribution is 5.80. The fourth-order valence-corrected chi connectivity index (χ4v) is 5.27. The Morgan fingerprint density at radius 3 is 2.12 bits per heavy atom. The third kappa shape index (κ3) is 4.84. The van der Waals surface area contributed by atoms with E-state index >= 15 is 0 Å². The number of anilines is 1. The molecule has 6 rings (SSSR count). The van der Waals surface area contributed by atoms with Crippen LogP contribution in [0.5, 0.6) is 11.5 Å². The topological polar surface area (TPSA) is 140 Å². The molecule has 3 N–H and O–H groups in total. The monoisotopic (exact) mass is 554 g/mol. The summed E-state index contributed by atoms with van der Waals surface area (Å²) in [5.74, 6) is 1.69. The molecule has 3 heterocycles. The number of nitrogens with zero attached hydrogens (tertiary/aromatic N) is 5. The van der Waals surface area contributed by atoms with Gasteiger partial charge < -0.3 is 29.8 Å². The predicted octanol–water partition coefficient (Wildman–Crippen LogP) is 3.48. The quantitative estimate of drug-likeness (QED) is 0.260. The Hall–Kier alpha value is -4.58. The molecule has 0 aliphatic carbocycles. The van der Waals surface area contributed by atoms with Gasteiger partial charge >= 0.3 is 0 Å². The number of rotatable bonds is 9. The number of ether oxygens (including phenoxy) is 4. The molecule has 0 amide bonds. The maximum Gasteiger partial charge on any atom is 0.186 e. The van der Waals surface area contributed by atoms with E-state index in [-0.39, 0.29) is 18.8 Å². The first kappa shape index (κ1) is 26.6. The molecule has 0 saturated carbocycles. The van der Waals surface area contributed by atoms with Crippen LogP contribution in [-0.2, 0) is 15.1 Å². The molecule has 0 bridgehead atoms. The summed E-state index contributed by atoms with van der Waals surface area (Å²) >= 11 is 0. The van der Waals surface area contributed by atoms with Crippen LogP contribution in [0.3, 0.4) is 0 Å². The number of nitrogens with two attached hydrogens (primary N) is 1. The van der Waals surface area contributed by atoms with Gasteiger partial charge in [-0.3, -0.25) is 0 Å². The van der Waals surface area contributed by atoms with E-state index in [1.54, 1.807) is 14.2 Å². The van der Waals surface area contributed by atoms with Gasteiger partial charge in [0.05, 0.1) is 26.9 Å². The van der Waals surface area contributed by atoms with Crippen LogP contribution in [0, 0.1) is 0 Å². The first-order chi connectivity index (χ1) is 20.0. The number of benzene rings is 3. The van der Waals surface area contributed by atoms with E-state index < -0.39 is 24.0 Å². The zero-order valence-corrected chi connectivity index (χ0v) is 22.6. The Kier molecular flexibility index (Phi) is 7.23. The lowest BCUT2D eigenvalue weighted by molar-refractivity contribution is -0.0952. The minimum absolute atomic E-state index is 0.0778. The molecular formula is C30H30N6O5. The van der Waals surface area contributed by atoms with Crippen LogP contribution in [0.15, 0.2) is 85.2 Å². The second kappa shape index (κ2) is 11.1. The molecule has 1 fully saturated rings. The third-order valence-corrected chi connectivity index (χ3v) is 7.40. The smallest absolute Gasteiger partial charge is 0.186 e. The molecule has 11 heteroatoms. The van der Waals surface area contributed by atoms with Crippen molar-refractivity contribution in [3.63, 3.8) is 0 Å². The number of hydrogen-bond donors (Lipinski definition) is 2. The van der Waals surface area contributed by atoms with Crippen molar-refractivity contribution in [3.05, 3.63) is 102 Å². The normalized spacial score (nSPS) is 19.0. The van der Waals surface area contributed by atoms with Crippen LogP contribution in [0.2, 0.25) is 0 Å². The number of nitrogen functional groups attached to an aromatic ring is 1. The van der Waals surface area contributed by atoms with Gasteiger partial charge in [0.1, 0.15) is 29.5 Å². The summed E-state index contributed by atoms with van der Waals surface area (Å²) in [6.07, 6.45) is -0.455. The number of aliphatic hydroxyl groups is 1. The minimum atomic E-state index is -1.04. The Balaban J connectivity index is 1.37. The zero-order valence-electron chi connectivity index (χ0n) is 22.6. The lowest BCUT2D eigenvalue weighted by Gasteiger charge is -2.37. The highest BCUT2D eigenvalue weighted by Crippen LogP contribution is 2.42. The average molecular weight is 555 g/mol. The summed E-state index contributed by atoms with van der Waals surface area (Å²) in [5, 5.41) is 19.3. The molecule has 1 unspecified atom stereocenters. The summed E-state index contributed by atoms with van der Waals surface area (Å²) in [4.78, 5) is 8.23. The first-order valence-electron chi connectivity index (χ1n) is 13.2. The third-order valence-electron chi connectivity index (χ3n) is 7.40. The molecular weight excluding hydrogens is 524 g/mol. The maximum atomic E-state index is 11.1. The highest BCUT2D eigenvalue weighted by Gasteiger charge is 2.42. The summed E-state index contributed by atoms with van der Waals surface area (Å²) < 4.78 is 25.6. The van der Waals surface area contributed by atoms with Crippen molar-refractivity contribution in [1.29, 1.82) is 0 Å². The minimum Gasteiger partial charge on any atom is -0.497 e. The van der Waals surface area contributed by atoms with Gasteiger partial charge in [0.25, 0.3) is 0 Å². The molecule has 0 radical (unpaired) electrons. The van der Waals surface area contributed by atoms with Crippen molar-refractivity contribution >= 4 is 17.0 Å². The summed E-state index contributed by atoms with van der Waals surface area (Å²) in [7, 11) is 3.26. The van der Waals surface area contributed by atoms with Crippen LogP contribution >= 0.6 is 0 Å². The molecule has 41 heavy (non-hydrogen) atoms. The molecule has 0 spiro atoms. The zero-order chi connectivity index (χ0) is 28.4. The van der Waals surface area contributed by atoms with Crippen LogP contribution < -0.4 is 15.2 Å². The van der Waals surface area contributed by atoms with Crippen molar-refractivity contribution in [2.24, 2.45) is 0 Å². The largest absolute Gasteiger partial charge is 0.497 e. The van der Waals surface area contributed by atoms with E-state index in [1.807, 2.05) is 78.9 Å². The van der Waals surface area contributed by atoms with Crippen LogP contribution in [0.4, 0.5) is 5.82 Å². The number of aromatic nitrogens is 5. The van der Waals surface area contributed by atoms with Crippen molar-refractivity contribution in [2.75, 3.05) is 26.6 Å². The van der Waals surface area contributed by atoms with Gasteiger partial charge in [-0.25, -0.2) is 9.97 Å². The standard InChI is InChI=1S/C30H30N6O5/c1-38-22-12-8-20(9-13-22)30(19-6-4-3-5-7-19,21-10-14-23(39-2)15-11-21)40-17-25-24(37)16-26(41-25)36-29-27(34-35-36)28(31)32-18-33-29/h3-15,18,24-26,37H,16-17H2,1-2H3,(H2,31,32,33)/t24?,25-,26-/m1/s1. The molecule has 3 atom stereocenters. The molecule has 210 valence electrons. The van der Waals surface area contributed by atoms with Gasteiger partial charge in [0.15, 0.2) is 23.2 Å². The second-order valence-corrected chi connectivity index (χ2v) is 9.71. The first-order valence-corrected chi connectivity index (χ1v) is 13.2. The van der Waals surface area contributed by atoms with Crippen molar-refractivity contribution in [3.8, 4) is 11.5 Å². The Bertz CT molecular complexity index is 1560. The van der Waals surface area contributed by atoms with E-state index in [9.17, 15) is 5.11 Å². The summed E-state index contributed by atoms with van der Waals surface area (Å²) in [6, 6.07) is 25.5. The molecule has 5 aromatic rings. The Labute approximate surface area is 236 Å². The van der Waals surface area contributed by atoms with E-state index in [1.165, 1.54) is 11.0 Å². The molecule has 3 aromatic carbocycles. The Morgan fingerprint density at radius 2 is 1.51 bits per heavy atom. The molecule has 1 aliphatic heterocycles. The van der Waals surface area contributed by atoms with Crippen LogP contribution in [-0.4, -0.2) is 63.1 Å². The summed E-state index contributed by atoms with van der Waals surface area (Å²) in [5.41, 5.74) is 8.38. The lowest BCUT2D eigenvalue weighted by atomic mass is 9.80.